The van der Waals surface area contributed by atoms with Gasteiger partial charge in [-0.15, -0.1) is 0 Å². The number of hydrogen-bond donors (Lipinski definition) is 0. The first-order chi connectivity index (χ1) is 38.0. The van der Waals surface area contributed by atoms with Gasteiger partial charge in [0.15, 0.2) is 6.10 Å². The van der Waals surface area contributed by atoms with Crippen molar-refractivity contribution in [1.82, 2.24) is 0 Å². The molecule has 6 nitrogen and oxygen atoms in total. The largest absolute Gasteiger partial charge is 0.462 e. The minimum atomic E-state index is -0.798. The second kappa shape index (κ2) is 64.3. The minimum absolute atomic E-state index is 0.0936. The maximum absolute atomic E-state index is 12.9. The predicted molar refractivity (Wildman–Crippen MR) is 334 cm³/mol. The average molecular weight is 1070 g/mol. The van der Waals surface area contributed by atoms with Crippen LogP contribution in [0.3, 0.4) is 0 Å². The Balaban J connectivity index is 4.42. The molecular formula is C71H118O6. The van der Waals surface area contributed by atoms with E-state index in [2.05, 4.69) is 142 Å². The van der Waals surface area contributed by atoms with E-state index in [4.69, 9.17) is 14.2 Å². The lowest BCUT2D eigenvalue weighted by Gasteiger charge is -2.18. The van der Waals surface area contributed by atoms with E-state index >= 15 is 0 Å². The Morgan fingerprint density at radius 2 is 0.506 bits per heavy atom. The molecule has 0 N–H and O–H groups in total. The van der Waals surface area contributed by atoms with Crippen molar-refractivity contribution in [3.05, 3.63) is 122 Å². The Bertz CT molecular complexity index is 1600. The predicted octanol–water partition coefficient (Wildman–Crippen LogP) is 22.0. The van der Waals surface area contributed by atoms with E-state index in [9.17, 15) is 14.4 Å². The molecule has 438 valence electrons. The van der Waals surface area contributed by atoms with Crippen LogP contribution in [-0.4, -0.2) is 37.2 Å². The summed E-state index contributed by atoms with van der Waals surface area (Å²) in [5.41, 5.74) is 0. The molecule has 0 aliphatic rings. The summed E-state index contributed by atoms with van der Waals surface area (Å²) in [7, 11) is 0. The number of rotatable bonds is 57. The zero-order valence-corrected chi connectivity index (χ0v) is 50.2. The number of carbonyl (C=O) groups excluding carboxylic acids is 3. The van der Waals surface area contributed by atoms with E-state index in [-0.39, 0.29) is 31.1 Å². The number of hydrogen-bond acceptors (Lipinski definition) is 6. The van der Waals surface area contributed by atoms with Crippen LogP contribution in [0, 0.1) is 0 Å². The van der Waals surface area contributed by atoms with E-state index < -0.39 is 6.10 Å². The van der Waals surface area contributed by atoms with E-state index in [1.807, 2.05) is 0 Å². The van der Waals surface area contributed by atoms with Crippen molar-refractivity contribution >= 4 is 17.9 Å². The summed E-state index contributed by atoms with van der Waals surface area (Å²) >= 11 is 0. The molecule has 6 heteroatoms. The molecule has 77 heavy (non-hydrogen) atoms. The van der Waals surface area contributed by atoms with Gasteiger partial charge in [0.2, 0.25) is 0 Å². The van der Waals surface area contributed by atoms with Crippen LogP contribution in [0.1, 0.15) is 290 Å². The molecule has 0 fully saturated rings. The number of carbonyl (C=O) groups is 3. The van der Waals surface area contributed by atoms with Crippen molar-refractivity contribution in [2.24, 2.45) is 0 Å². The summed E-state index contributed by atoms with van der Waals surface area (Å²) < 4.78 is 16.9. The molecule has 0 rings (SSSR count). The Kier molecular flexibility index (Phi) is 60.8. The van der Waals surface area contributed by atoms with Gasteiger partial charge >= 0.3 is 17.9 Å². The van der Waals surface area contributed by atoms with Crippen LogP contribution >= 0.6 is 0 Å². The Labute approximate surface area is 475 Å². The van der Waals surface area contributed by atoms with Gasteiger partial charge in [-0.2, -0.15) is 0 Å². The maximum Gasteiger partial charge on any atom is 0.306 e. The summed E-state index contributed by atoms with van der Waals surface area (Å²) in [6.45, 7) is 6.48. The quantitative estimate of drug-likeness (QED) is 0.0261. The van der Waals surface area contributed by atoms with Crippen LogP contribution in [0.5, 0.6) is 0 Å². The van der Waals surface area contributed by atoms with Gasteiger partial charge in [-0.1, -0.05) is 258 Å². The number of unbranched alkanes of at least 4 members (excludes halogenated alkanes) is 26. The average Bonchev–Trinajstić information content (AvgIpc) is 3.43. The fourth-order valence-corrected chi connectivity index (χ4v) is 8.62. The standard InChI is InChI=1S/C71H118O6/c1-4-7-10-13-16-19-22-25-28-30-31-32-33-34-35-36-37-38-39-41-43-46-49-52-55-58-61-64-70(73)76-67-68(66-75-69(72)63-60-57-54-51-48-45-42-27-24-21-18-15-12-9-6-3)77-71(74)65-62-59-56-53-50-47-44-40-29-26-23-20-17-14-11-8-5-2/h7,10,16-17,19-20,25-29,31-32,34-35,37-38,41-43,68H,4-6,8-9,11-15,18,21-24,30,33,36,39-40,44-67H2,1-3H3/b10-7-,19-16-,20-17-,28-25-,29-26-,32-31-,35-34-,38-37-,42-27-,43-41-. The number of ether oxygens (including phenoxy) is 3. The molecule has 0 spiro atoms. The number of allylic oxidation sites excluding steroid dienone is 20. The van der Waals surface area contributed by atoms with Crippen LogP contribution in [0.2, 0.25) is 0 Å². The molecule has 0 radical (unpaired) electrons. The van der Waals surface area contributed by atoms with Crippen molar-refractivity contribution in [3.63, 3.8) is 0 Å². The van der Waals surface area contributed by atoms with Crippen LogP contribution in [0.4, 0.5) is 0 Å². The fourth-order valence-electron chi connectivity index (χ4n) is 8.62. The third-order valence-electron chi connectivity index (χ3n) is 13.4. The van der Waals surface area contributed by atoms with E-state index in [0.717, 1.165) is 141 Å². The van der Waals surface area contributed by atoms with Gasteiger partial charge in [-0.05, 0) is 135 Å². The van der Waals surface area contributed by atoms with Crippen molar-refractivity contribution < 1.29 is 28.6 Å². The highest BCUT2D eigenvalue weighted by molar-refractivity contribution is 5.71. The van der Waals surface area contributed by atoms with Gasteiger partial charge in [0, 0.05) is 19.3 Å². The monoisotopic (exact) mass is 1070 g/mol. The minimum Gasteiger partial charge on any atom is -0.462 e. The maximum atomic E-state index is 12.9. The molecular weight excluding hydrogens is 949 g/mol. The summed E-state index contributed by atoms with van der Waals surface area (Å²) in [5.74, 6) is -0.924. The summed E-state index contributed by atoms with van der Waals surface area (Å²) in [4.78, 5) is 38.3. The van der Waals surface area contributed by atoms with Crippen LogP contribution < -0.4 is 0 Å². The lowest BCUT2D eigenvalue weighted by atomic mass is 10.1. The van der Waals surface area contributed by atoms with Gasteiger partial charge in [0.25, 0.3) is 0 Å². The molecule has 0 aromatic carbocycles. The molecule has 0 amide bonds. The van der Waals surface area contributed by atoms with Crippen molar-refractivity contribution in [2.75, 3.05) is 13.2 Å². The molecule has 0 saturated heterocycles. The topological polar surface area (TPSA) is 78.9 Å². The lowest BCUT2D eigenvalue weighted by Crippen LogP contribution is -2.30. The van der Waals surface area contributed by atoms with Crippen molar-refractivity contribution in [2.45, 2.75) is 297 Å². The molecule has 0 bridgehead atoms. The Morgan fingerprint density at radius 1 is 0.273 bits per heavy atom. The van der Waals surface area contributed by atoms with Crippen LogP contribution in [0.25, 0.3) is 0 Å². The third kappa shape index (κ3) is 62.5. The summed E-state index contributed by atoms with van der Waals surface area (Å²) in [6.07, 6.45) is 89.1. The SMILES string of the molecule is CC/C=C\C/C=C\C/C=C\C/C=C\C/C=C\C/C=C\C/C=C\CCCCCCCC(=O)OCC(COC(=O)CCCCCCC/C=C\CCCCCCCC)OC(=O)CCCCCCCCC/C=C\C/C=C\CCCCC. The smallest absolute Gasteiger partial charge is 0.306 e. The molecule has 0 saturated carbocycles. The zero-order chi connectivity index (χ0) is 55.7. The second-order valence-electron chi connectivity index (χ2n) is 20.9. The molecule has 0 aliphatic heterocycles. The third-order valence-corrected chi connectivity index (χ3v) is 13.4. The Morgan fingerprint density at radius 3 is 0.831 bits per heavy atom. The summed E-state index contributed by atoms with van der Waals surface area (Å²) in [5, 5.41) is 0. The van der Waals surface area contributed by atoms with Crippen molar-refractivity contribution in [3.8, 4) is 0 Å². The highest BCUT2D eigenvalue weighted by atomic mass is 16.6. The van der Waals surface area contributed by atoms with Gasteiger partial charge < -0.3 is 14.2 Å². The fraction of sp³-hybridized carbons (Fsp3) is 0.676. The van der Waals surface area contributed by atoms with Crippen LogP contribution in [0.15, 0.2) is 122 Å². The van der Waals surface area contributed by atoms with E-state index in [0.29, 0.717) is 19.3 Å². The first kappa shape index (κ1) is 72.8. The van der Waals surface area contributed by atoms with E-state index in [1.165, 1.54) is 109 Å². The summed E-state index contributed by atoms with van der Waals surface area (Å²) in [6, 6.07) is 0. The van der Waals surface area contributed by atoms with Gasteiger partial charge in [0.05, 0.1) is 0 Å². The molecule has 0 aliphatic carbocycles. The van der Waals surface area contributed by atoms with E-state index in [1.54, 1.807) is 0 Å². The first-order valence-corrected chi connectivity index (χ1v) is 32.0. The molecule has 1 unspecified atom stereocenters. The van der Waals surface area contributed by atoms with Gasteiger partial charge in [0.1, 0.15) is 13.2 Å². The lowest BCUT2D eigenvalue weighted by molar-refractivity contribution is -0.167. The molecule has 1 atom stereocenters. The van der Waals surface area contributed by atoms with Crippen LogP contribution in [-0.2, 0) is 28.6 Å². The molecule has 0 aromatic rings. The molecule has 0 aromatic heterocycles. The van der Waals surface area contributed by atoms with Crippen molar-refractivity contribution in [1.29, 1.82) is 0 Å². The highest BCUT2D eigenvalue weighted by Gasteiger charge is 2.19. The van der Waals surface area contributed by atoms with Gasteiger partial charge in [-0.25, -0.2) is 0 Å². The normalized spacial score (nSPS) is 12.9. The van der Waals surface area contributed by atoms with Gasteiger partial charge in [-0.3, -0.25) is 14.4 Å². The Hall–Kier alpha value is -4.19. The second-order valence-corrected chi connectivity index (χ2v) is 20.9. The first-order valence-electron chi connectivity index (χ1n) is 32.0. The zero-order valence-electron chi connectivity index (χ0n) is 50.2. The number of esters is 3. The molecule has 0 heterocycles. The highest BCUT2D eigenvalue weighted by Crippen LogP contribution is 2.15.